The molecule has 0 bridgehead atoms. The molecule has 5 nitrogen and oxygen atoms in total. The first-order valence-electron chi connectivity index (χ1n) is 7.58. The molecule has 2 fully saturated rings. The van der Waals surface area contributed by atoms with Gasteiger partial charge in [0.05, 0.1) is 0 Å². The smallest absolute Gasteiger partial charge is 0.279 e. The van der Waals surface area contributed by atoms with Crippen molar-refractivity contribution in [3.63, 3.8) is 0 Å². The Morgan fingerprint density at radius 3 is 2.26 bits per heavy atom. The van der Waals surface area contributed by atoms with Crippen LogP contribution in [-0.4, -0.2) is 44.9 Å². The highest BCUT2D eigenvalue weighted by Gasteiger charge is 2.28. The second-order valence-corrected chi connectivity index (χ2v) is 7.51. The Bertz CT molecular complexity index is 358. The van der Waals surface area contributed by atoms with Gasteiger partial charge in [-0.2, -0.15) is 17.4 Å². The lowest BCUT2D eigenvalue weighted by Crippen LogP contribution is -2.48. The van der Waals surface area contributed by atoms with Crippen LogP contribution in [0.4, 0.5) is 0 Å². The van der Waals surface area contributed by atoms with E-state index in [1.54, 1.807) is 4.31 Å². The predicted molar refractivity (Wildman–Crippen MR) is 77.2 cm³/mol. The molecule has 19 heavy (non-hydrogen) atoms. The van der Waals surface area contributed by atoms with E-state index in [4.69, 9.17) is 0 Å². The van der Waals surface area contributed by atoms with Gasteiger partial charge in [0.25, 0.3) is 10.2 Å². The number of hydrogen-bond donors (Lipinski definition) is 2. The number of piperidine rings is 1. The first-order chi connectivity index (χ1) is 9.09. The molecule has 0 amide bonds. The van der Waals surface area contributed by atoms with Gasteiger partial charge in [0, 0.05) is 19.1 Å². The Morgan fingerprint density at radius 1 is 1.11 bits per heavy atom. The van der Waals surface area contributed by atoms with Gasteiger partial charge in [-0.3, -0.25) is 0 Å². The lowest BCUT2D eigenvalue weighted by atomic mass is 9.92. The van der Waals surface area contributed by atoms with Crippen LogP contribution in [0.1, 0.15) is 45.4 Å². The topological polar surface area (TPSA) is 61.4 Å². The van der Waals surface area contributed by atoms with E-state index < -0.39 is 10.2 Å². The van der Waals surface area contributed by atoms with Crippen molar-refractivity contribution in [1.29, 1.82) is 0 Å². The molecule has 0 aliphatic carbocycles. The van der Waals surface area contributed by atoms with E-state index in [2.05, 4.69) is 10.0 Å². The van der Waals surface area contributed by atoms with Crippen LogP contribution in [0.3, 0.4) is 0 Å². The summed E-state index contributed by atoms with van der Waals surface area (Å²) in [5.41, 5.74) is 0. The van der Waals surface area contributed by atoms with Crippen molar-refractivity contribution >= 4 is 10.2 Å². The van der Waals surface area contributed by atoms with E-state index in [9.17, 15) is 8.42 Å². The Balaban J connectivity index is 1.91. The lowest BCUT2D eigenvalue weighted by molar-refractivity contribution is 0.308. The van der Waals surface area contributed by atoms with Crippen LogP contribution in [0.5, 0.6) is 0 Å². The van der Waals surface area contributed by atoms with E-state index in [-0.39, 0.29) is 6.04 Å². The third-order valence-corrected chi connectivity index (χ3v) is 6.05. The molecule has 2 rings (SSSR count). The number of nitrogens with one attached hydrogen (secondary N) is 2. The molecule has 112 valence electrons. The predicted octanol–water partition coefficient (Wildman–Crippen LogP) is 1.08. The zero-order valence-electron chi connectivity index (χ0n) is 11.9. The molecule has 0 aromatic carbocycles. The number of rotatable bonds is 4. The fraction of sp³-hybridized carbons (Fsp3) is 1.00. The summed E-state index contributed by atoms with van der Waals surface area (Å²) in [5.74, 6) is 0.461. The van der Waals surface area contributed by atoms with Crippen molar-refractivity contribution in [2.75, 3.05) is 26.2 Å². The third kappa shape index (κ3) is 4.41. The Morgan fingerprint density at radius 2 is 1.68 bits per heavy atom. The minimum absolute atomic E-state index is 0.0374. The zero-order valence-corrected chi connectivity index (χ0v) is 12.7. The second-order valence-electron chi connectivity index (χ2n) is 5.81. The van der Waals surface area contributed by atoms with Crippen LogP contribution in [0.2, 0.25) is 0 Å². The molecule has 2 N–H and O–H groups in total. The molecule has 2 heterocycles. The Labute approximate surface area is 117 Å². The highest BCUT2D eigenvalue weighted by atomic mass is 32.2. The van der Waals surface area contributed by atoms with Crippen molar-refractivity contribution in [3.05, 3.63) is 0 Å². The maximum absolute atomic E-state index is 12.4. The largest absolute Gasteiger partial charge is 0.317 e. The zero-order chi connectivity index (χ0) is 13.7. The summed E-state index contributed by atoms with van der Waals surface area (Å²) >= 11 is 0. The van der Waals surface area contributed by atoms with Crippen LogP contribution < -0.4 is 10.0 Å². The van der Waals surface area contributed by atoms with Crippen molar-refractivity contribution in [2.45, 2.75) is 51.5 Å². The van der Waals surface area contributed by atoms with Gasteiger partial charge in [-0.15, -0.1) is 0 Å². The fourth-order valence-corrected chi connectivity index (χ4v) is 4.58. The molecule has 1 atom stereocenters. The molecule has 0 aromatic rings. The molecule has 2 aliphatic heterocycles. The van der Waals surface area contributed by atoms with E-state index in [0.29, 0.717) is 19.0 Å². The Hall–Kier alpha value is -0.170. The molecule has 0 saturated carbocycles. The molecule has 0 spiro atoms. The maximum Gasteiger partial charge on any atom is 0.279 e. The molecular formula is C13H27N3O2S. The normalized spacial score (nSPS) is 25.9. The van der Waals surface area contributed by atoms with Crippen molar-refractivity contribution in [3.8, 4) is 0 Å². The summed E-state index contributed by atoms with van der Waals surface area (Å²) in [7, 11) is -3.29. The monoisotopic (exact) mass is 289 g/mol. The molecule has 0 aromatic heterocycles. The summed E-state index contributed by atoms with van der Waals surface area (Å²) in [6, 6.07) is 0.0374. The number of nitrogens with zero attached hydrogens (tertiary/aromatic N) is 1. The van der Waals surface area contributed by atoms with E-state index >= 15 is 0 Å². The molecular weight excluding hydrogens is 262 g/mol. The number of hydrogen-bond acceptors (Lipinski definition) is 3. The minimum Gasteiger partial charge on any atom is -0.317 e. The van der Waals surface area contributed by atoms with E-state index in [1.807, 2.05) is 6.92 Å². The fourth-order valence-electron chi connectivity index (χ4n) is 3.03. The van der Waals surface area contributed by atoms with Crippen LogP contribution in [0, 0.1) is 5.92 Å². The summed E-state index contributed by atoms with van der Waals surface area (Å²) in [6.07, 6.45) is 6.39. The summed E-state index contributed by atoms with van der Waals surface area (Å²) < 4.78 is 29.3. The first kappa shape index (κ1) is 15.2. The first-order valence-corrected chi connectivity index (χ1v) is 9.02. The SMILES string of the molecule is CC(NS(=O)(=O)N1CCCCCC1)C1CCNCC1. The van der Waals surface area contributed by atoms with Crippen LogP contribution in [0.15, 0.2) is 0 Å². The van der Waals surface area contributed by atoms with E-state index in [0.717, 1.165) is 51.6 Å². The minimum atomic E-state index is -3.29. The quantitative estimate of drug-likeness (QED) is 0.814. The standard InChI is InChI=1S/C13H27N3O2S/c1-12(13-6-8-14-9-7-13)15-19(17,18)16-10-4-2-3-5-11-16/h12-15H,2-11H2,1H3. The lowest BCUT2D eigenvalue weighted by Gasteiger charge is -2.30. The third-order valence-electron chi connectivity index (χ3n) is 4.33. The van der Waals surface area contributed by atoms with Crippen molar-refractivity contribution in [2.24, 2.45) is 5.92 Å². The molecule has 2 saturated heterocycles. The average molecular weight is 289 g/mol. The van der Waals surface area contributed by atoms with Crippen molar-refractivity contribution in [1.82, 2.24) is 14.3 Å². The summed E-state index contributed by atoms with van der Waals surface area (Å²) in [6.45, 7) is 5.36. The summed E-state index contributed by atoms with van der Waals surface area (Å²) in [5, 5.41) is 3.32. The highest BCUT2D eigenvalue weighted by Crippen LogP contribution is 2.18. The molecule has 0 radical (unpaired) electrons. The van der Waals surface area contributed by atoms with Crippen molar-refractivity contribution < 1.29 is 8.42 Å². The maximum atomic E-state index is 12.4. The average Bonchev–Trinajstić information content (AvgIpc) is 2.68. The van der Waals surface area contributed by atoms with Gasteiger partial charge in [0.1, 0.15) is 0 Å². The molecule has 2 aliphatic rings. The highest BCUT2D eigenvalue weighted by molar-refractivity contribution is 7.87. The van der Waals surface area contributed by atoms with Gasteiger partial charge in [-0.1, -0.05) is 12.8 Å². The molecule has 6 heteroatoms. The van der Waals surface area contributed by atoms with Gasteiger partial charge >= 0.3 is 0 Å². The van der Waals surface area contributed by atoms with Gasteiger partial charge in [-0.05, 0) is 51.6 Å². The van der Waals surface area contributed by atoms with Crippen LogP contribution >= 0.6 is 0 Å². The second kappa shape index (κ2) is 7.02. The van der Waals surface area contributed by atoms with Gasteiger partial charge < -0.3 is 5.32 Å². The van der Waals surface area contributed by atoms with Crippen LogP contribution in [-0.2, 0) is 10.2 Å². The van der Waals surface area contributed by atoms with Crippen LogP contribution in [0.25, 0.3) is 0 Å². The molecule has 1 unspecified atom stereocenters. The summed E-state index contributed by atoms with van der Waals surface area (Å²) in [4.78, 5) is 0. The van der Waals surface area contributed by atoms with Gasteiger partial charge in [0.15, 0.2) is 0 Å². The van der Waals surface area contributed by atoms with E-state index in [1.165, 1.54) is 0 Å². The Kier molecular flexibility index (Phi) is 5.62. The van der Waals surface area contributed by atoms with Gasteiger partial charge in [0.2, 0.25) is 0 Å². The van der Waals surface area contributed by atoms with Gasteiger partial charge in [-0.25, -0.2) is 0 Å².